The van der Waals surface area contributed by atoms with Gasteiger partial charge in [0.05, 0.1) is 11.2 Å². The predicted molar refractivity (Wildman–Crippen MR) is 56.3 cm³/mol. The topological polar surface area (TPSA) is 18.5 Å². The number of allylic oxidation sites excluding steroid dienone is 1. The second-order valence-electron chi connectivity index (χ2n) is 5.20. The zero-order valence-electron chi connectivity index (χ0n) is 10.7. The van der Waals surface area contributed by atoms with Gasteiger partial charge in [0.2, 0.25) is 0 Å². The quantitative estimate of drug-likeness (QED) is 0.542. The summed E-state index contributed by atoms with van der Waals surface area (Å²) in [6, 6.07) is 0. The Morgan fingerprint density at radius 1 is 0.842 bits per heavy atom. The summed E-state index contributed by atoms with van der Waals surface area (Å²) in [6.45, 7) is 6.12. The summed E-state index contributed by atoms with van der Waals surface area (Å²) in [5, 5.41) is 0. The van der Waals surface area contributed by atoms with E-state index >= 15 is 0 Å². The van der Waals surface area contributed by atoms with Gasteiger partial charge in [0.15, 0.2) is 0 Å². The maximum atomic E-state index is 12.4. The molecule has 0 aromatic heterocycles. The number of rotatable bonds is 1. The van der Waals surface area contributed by atoms with E-state index in [0.29, 0.717) is 0 Å². The smallest absolute Gasteiger partial charge is 0.400 e. The van der Waals surface area contributed by atoms with Crippen molar-refractivity contribution in [3.05, 3.63) is 11.5 Å². The van der Waals surface area contributed by atoms with Crippen molar-refractivity contribution in [3.63, 3.8) is 0 Å². The van der Waals surface area contributed by atoms with Gasteiger partial charge < -0.3 is 9.31 Å². The Morgan fingerprint density at radius 3 is 1.42 bits per heavy atom. The van der Waals surface area contributed by atoms with E-state index in [4.69, 9.17) is 9.31 Å². The number of alkyl halides is 6. The second-order valence-corrected chi connectivity index (χ2v) is 5.20. The molecule has 0 radical (unpaired) electrons. The Hall–Kier alpha value is -0.695. The molecule has 110 valence electrons. The Morgan fingerprint density at radius 2 is 1.16 bits per heavy atom. The number of hydrogen-bond acceptors (Lipinski definition) is 2. The molecule has 1 heterocycles. The molecule has 2 nitrogen and oxygen atoms in total. The van der Waals surface area contributed by atoms with Gasteiger partial charge in [-0.25, -0.2) is 0 Å². The van der Waals surface area contributed by atoms with E-state index in [1.807, 2.05) is 0 Å². The standard InChI is InChI=1S/C10H13BF6O2/c1-7(2)8(3,4)19-11(18-7)5-6(9(12,13)14)10(15,16)17/h5H,1-4H3. The van der Waals surface area contributed by atoms with Gasteiger partial charge in [0, 0.05) is 0 Å². The normalized spacial score (nSPS) is 22.5. The second kappa shape index (κ2) is 4.41. The van der Waals surface area contributed by atoms with Crippen LogP contribution < -0.4 is 0 Å². The molecule has 1 fully saturated rings. The molecule has 0 aromatic carbocycles. The molecule has 0 amide bonds. The highest BCUT2D eigenvalue weighted by molar-refractivity contribution is 6.51. The molecule has 0 N–H and O–H groups in total. The van der Waals surface area contributed by atoms with Crippen LogP contribution >= 0.6 is 0 Å². The lowest BCUT2D eigenvalue weighted by Gasteiger charge is -2.32. The minimum atomic E-state index is -5.51. The van der Waals surface area contributed by atoms with E-state index in [9.17, 15) is 26.3 Å². The zero-order chi connectivity index (χ0) is 15.3. The monoisotopic (exact) mass is 290 g/mol. The van der Waals surface area contributed by atoms with E-state index in [1.165, 1.54) is 27.7 Å². The lowest BCUT2D eigenvalue weighted by Crippen LogP contribution is -2.41. The van der Waals surface area contributed by atoms with Crippen molar-refractivity contribution in [2.24, 2.45) is 0 Å². The largest absolute Gasteiger partial charge is 0.487 e. The van der Waals surface area contributed by atoms with E-state index in [-0.39, 0.29) is 5.98 Å². The highest BCUT2D eigenvalue weighted by Crippen LogP contribution is 2.42. The first-order valence-electron chi connectivity index (χ1n) is 5.39. The molecule has 1 rings (SSSR count). The van der Waals surface area contributed by atoms with Crippen molar-refractivity contribution >= 4 is 7.12 Å². The molecule has 1 aliphatic rings. The van der Waals surface area contributed by atoms with Crippen molar-refractivity contribution in [2.75, 3.05) is 0 Å². The van der Waals surface area contributed by atoms with Gasteiger partial charge >= 0.3 is 19.5 Å². The first kappa shape index (κ1) is 16.4. The third kappa shape index (κ3) is 3.44. The highest BCUT2D eigenvalue weighted by Gasteiger charge is 2.55. The Bertz CT molecular complexity index is 350. The summed E-state index contributed by atoms with van der Waals surface area (Å²) >= 11 is 0. The summed E-state index contributed by atoms with van der Waals surface area (Å²) in [5.41, 5.74) is -4.63. The van der Waals surface area contributed by atoms with E-state index < -0.39 is 36.2 Å². The van der Waals surface area contributed by atoms with Gasteiger partial charge in [-0.05, 0) is 33.7 Å². The van der Waals surface area contributed by atoms with E-state index in [2.05, 4.69) is 0 Å². The summed E-state index contributed by atoms with van der Waals surface area (Å²) in [6.07, 6.45) is -11.0. The van der Waals surface area contributed by atoms with Crippen LogP contribution in [0.25, 0.3) is 0 Å². The fourth-order valence-corrected chi connectivity index (χ4v) is 1.44. The van der Waals surface area contributed by atoms with Gasteiger partial charge in [-0.2, -0.15) is 26.3 Å². The lowest BCUT2D eigenvalue weighted by molar-refractivity contribution is -0.171. The van der Waals surface area contributed by atoms with Gasteiger partial charge in [0.25, 0.3) is 0 Å². The third-order valence-corrected chi connectivity index (χ3v) is 3.19. The van der Waals surface area contributed by atoms with Gasteiger partial charge in [-0.3, -0.25) is 0 Å². The Balaban J connectivity index is 3.08. The summed E-state index contributed by atoms with van der Waals surface area (Å²) in [7, 11) is -1.69. The van der Waals surface area contributed by atoms with Crippen LogP contribution in [-0.4, -0.2) is 30.7 Å². The molecule has 1 saturated heterocycles. The van der Waals surface area contributed by atoms with Crippen LogP contribution in [0.5, 0.6) is 0 Å². The molecule has 9 heteroatoms. The minimum absolute atomic E-state index is 0.0729. The van der Waals surface area contributed by atoms with Crippen LogP contribution in [0.3, 0.4) is 0 Å². The maximum absolute atomic E-state index is 12.4. The average molecular weight is 290 g/mol. The van der Waals surface area contributed by atoms with Crippen molar-refractivity contribution < 1.29 is 35.7 Å². The first-order chi connectivity index (χ1) is 8.17. The highest BCUT2D eigenvalue weighted by atomic mass is 19.4. The fourth-order valence-electron chi connectivity index (χ4n) is 1.44. The van der Waals surface area contributed by atoms with Crippen molar-refractivity contribution in [1.29, 1.82) is 0 Å². The predicted octanol–water partition coefficient (Wildman–Crippen LogP) is 3.67. The van der Waals surface area contributed by atoms with Crippen LogP contribution in [0.15, 0.2) is 11.5 Å². The van der Waals surface area contributed by atoms with Crippen molar-refractivity contribution in [1.82, 2.24) is 0 Å². The summed E-state index contributed by atoms with van der Waals surface area (Å²) in [5.74, 6) is -0.0729. The molecule has 1 aliphatic heterocycles. The van der Waals surface area contributed by atoms with Crippen LogP contribution in [-0.2, 0) is 9.31 Å². The molecular weight excluding hydrogens is 277 g/mol. The fraction of sp³-hybridized carbons (Fsp3) is 0.800. The van der Waals surface area contributed by atoms with Crippen LogP contribution in [0.4, 0.5) is 26.3 Å². The van der Waals surface area contributed by atoms with Crippen molar-refractivity contribution in [3.8, 4) is 0 Å². The SMILES string of the molecule is CC1(C)OB(C=C(C(F)(F)F)C(F)(F)F)OC1(C)C. The van der Waals surface area contributed by atoms with Crippen LogP contribution in [0.2, 0.25) is 0 Å². The van der Waals surface area contributed by atoms with Gasteiger partial charge in [-0.15, -0.1) is 0 Å². The zero-order valence-corrected chi connectivity index (χ0v) is 10.7. The molecule has 0 atom stereocenters. The Kier molecular flexibility index (Phi) is 3.80. The maximum Gasteiger partial charge on any atom is 0.487 e. The molecule has 0 bridgehead atoms. The Labute approximate surface area is 106 Å². The number of hydrogen-bond donors (Lipinski definition) is 0. The molecule has 0 spiro atoms. The first-order valence-corrected chi connectivity index (χ1v) is 5.39. The summed E-state index contributed by atoms with van der Waals surface area (Å²) in [4.78, 5) is 0. The minimum Gasteiger partial charge on any atom is -0.400 e. The molecular formula is C10H13BF6O2. The molecule has 0 aliphatic carbocycles. The van der Waals surface area contributed by atoms with Gasteiger partial charge in [-0.1, -0.05) is 0 Å². The summed E-state index contributed by atoms with van der Waals surface area (Å²) < 4.78 is 84.3. The molecule has 0 aromatic rings. The third-order valence-electron chi connectivity index (χ3n) is 3.19. The van der Waals surface area contributed by atoms with Gasteiger partial charge in [0.1, 0.15) is 5.57 Å². The average Bonchev–Trinajstić information content (AvgIpc) is 2.27. The van der Waals surface area contributed by atoms with Crippen molar-refractivity contribution in [2.45, 2.75) is 51.2 Å². The van der Waals surface area contributed by atoms with Crippen LogP contribution in [0.1, 0.15) is 27.7 Å². The molecule has 0 saturated carbocycles. The number of halogens is 6. The molecule has 0 unspecified atom stereocenters. The van der Waals surface area contributed by atoms with E-state index in [1.54, 1.807) is 0 Å². The van der Waals surface area contributed by atoms with Crippen LogP contribution in [0, 0.1) is 0 Å². The molecule has 19 heavy (non-hydrogen) atoms. The van der Waals surface area contributed by atoms with E-state index in [0.717, 1.165) is 0 Å². The lowest BCUT2D eigenvalue weighted by atomic mass is 9.86.